The van der Waals surface area contributed by atoms with Crippen LogP contribution in [0.2, 0.25) is 72.0 Å². The molecule has 14 heteroatoms. The quantitative estimate of drug-likeness (QED) is 0.317. The SMILES string of the molecule is CO[Si](OC)(OC)O[Si](C)(C)OC[Si](O[Si](C)(C)C)(O[Si](C)(C)C)O[Si](C)(C)C. The van der Waals surface area contributed by atoms with E-state index >= 15 is 0 Å². The summed E-state index contributed by atoms with van der Waals surface area (Å²) in [5.74, 6) is 0. The lowest BCUT2D eigenvalue weighted by molar-refractivity contribution is 0.0351. The van der Waals surface area contributed by atoms with Crippen LogP contribution < -0.4 is 0 Å². The Morgan fingerprint density at radius 3 is 1.03 bits per heavy atom. The van der Waals surface area contributed by atoms with E-state index in [2.05, 4.69) is 58.9 Å². The maximum Gasteiger partial charge on any atom is 0.669 e. The Labute approximate surface area is 185 Å². The van der Waals surface area contributed by atoms with E-state index in [9.17, 15) is 0 Å². The van der Waals surface area contributed by atoms with Crippen molar-refractivity contribution in [2.24, 2.45) is 0 Å². The van der Waals surface area contributed by atoms with Crippen molar-refractivity contribution >= 4 is 51.4 Å². The fourth-order valence-corrected chi connectivity index (χ4v) is 22.3. The second kappa shape index (κ2) is 10.7. The Morgan fingerprint density at radius 2 is 0.793 bits per heavy atom. The summed E-state index contributed by atoms with van der Waals surface area (Å²) >= 11 is 0. The van der Waals surface area contributed by atoms with Gasteiger partial charge in [0.25, 0.3) is 0 Å². The molecule has 176 valence electrons. The van der Waals surface area contributed by atoms with Crippen LogP contribution in [0.15, 0.2) is 0 Å². The van der Waals surface area contributed by atoms with Crippen LogP contribution in [0.5, 0.6) is 0 Å². The minimum absolute atomic E-state index is 0.243. The third kappa shape index (κ3) is 12.6. The molecule has 0 heterocycles. The lowest BCUT2D eigenvalue weighted by Gasteiger charge is -2.43. The van der Waals surface area contributed by atoms with E-state index in [1.165, 1.54) is 21.3 Å². The van der Waals surface area contributed by atoms with Crippen molar-refractivity contribution < 1.29 is 34.2 Å². The van der Waals surface area contributed by atoms with E-state index in [1.807, 2.05) is 13.1 Å². The molecule has 0 aromatic heterocycles. The molecule has 0 bridgehead atoms. The fourth-order valence-electron chi connectivity index (χ4n) is 2.52. The minimum atomic E-state index is -3.23. The molecule has 0 saturated heterocycles. The smallest absolute Gasteiger partial charge is 0.416 e. The van der Waals surface area contributed by atoms with Crippen molar-refractivity contribution in [2.45, 2.75) is 72.0 Å². The van der Waals surface area contributed by atoms with Crippen molar-refractivity contribution in [3.8, 4) is 0 Å². The Kier molecular flexibility index (Phi) is 11.1. The Balaban J connectivity index is 5.83. The molecule has 0 atom stereocenters. The van der Waals surface area contributed by atoms with Gasteiger partial charge in [0.1, 0.15) is 6.23 Å². The first-order valence-corrected chi connectivity index (χ1v) is 26.4. The first kappa shape index (κ1) is 30.0. The number of hydrogen-bond donors (Lipinski definition) is 0. The highest BCUT2D eigenvalue weighted by Crippen LogP contribution is 2.28. The highest BCUT2D eigenvalue weighted by molar-refractivity contribution is 6.90. The predicted octanol–water partition coefficient (Wildman–Crippen LogP) is 4.13. The second-order valence-corrected chi connectivity index (χ2v) is 33.1. The van der Waals surface area contributed by atoms with Crippen LogP contribution in [0.25, 0.3) is 0 Å². The Bertz CT molecular complexity index is 447. The average Bonchev–Trinajstić information content (AvgIpc) is 2.46. The Hall–Kier alpha value is 0.981. The van der Waals surface area contributed by atoms with Crippen LogP contribution in [0.4, 0.5) is 0 Å². The maximum atomic E-state index is 6.64. The standard InChI is InChI=1S/C15H44O8Si6/c1-16-29(17-2,18-3)23-27(13,14)19-15-28(20-24(4,5)6,21-25(7,8)9)22-26(10,11)12/h15H2,1-14H3. The number of hydrogen-bond acceptors (Lipinski definition) is 8. The van der Waals surface area contributed by atoms with Gasteiger partial charge in [0.2, 0.25) is 0 Å². The third-order valence-corrected chi connectivity index (χ3v) is 20.3. The van der Waals surface area contributed by atoms with Crippen LogP contribution in [-0.2, 0) is 34.2 Å². The molecule has 0 spiro atoms. The topological polar surface area (TPSA) is 73.8 Å². The van der Waals surface area contributed by atoms with Crippen LogP contribution in [0.1, 0.15) is 0 Å². The lowest BCUT2D eigenvalue weighted by Crippen LogP contribution is -2.65. The summed E-state index contributed by atoms with van der Waals surface area (Å²) in [7, 11) is -10.4. The van der Waals surface area contributed by atoms with Gasteiger partial charge in [-0.2, -0.15) is 0 Å². The van der Waals surface area contributed by atoms with Crippen molar-refractivity contribution in [2.75, 3.05) is 27.6 Å². The summed E-state index contributed by atoms with van der Waals surface area (Å²) in [6, 6.07) is 0. The zero-order chi connectivity index (χ0) is 23.4. The molecule has 0 fully saturated rings. The molecular weight excluding hydrogens is 477 g/mol. The summed E-state index contributed by atoms with van der Waals surface area (Å²) in [6.07, 6.45) is 0.243. The van der Waals surface area contributed by atoms with E-state index in [0.29, 0.717) is 0 Å². The average molecular weight is 521 g/mol. The van der Waals surface area contributed by atoms with Gasteiger partial charge in [-0.05, 0) is 72.0 Å². The summed E-state index contributed by atoms with van der Waals surface area (Å²) in [6.45, 7) is 23.2. The molecule has 0 aliphatic carbocycles. The molecule has 0 amide bonds. The second-order valence-electron chi connectivity index (χ2n) is 10.2. The van der Waals surface area contributed by atoms with Crippen LogP contribution in [0.3, 0.4) is 0 Å². The first-order chi connectivity index (χ1) is 12.7. The molecule has 8 nitrogen and oxygen atoms in total. The molecular formula is C15H44O8Si6. The van der Waals surface area contributed by atoms with Crippen LogP contribution in [0, 0.1) is 0 Å². The van der Waals surface area contributed by atoms with E-state index in [1.54, 1.807) is 0 Å². The third-order valence-electron chi connectivity index (χ3n) is 3.10. The molecule has 0 aromatic rings. The molecule has 0 N–H and O–H groups in total. The highest BCUT2D eigenvalue weighted by Gasteiger charge is 2.54. The molecule has 0 radical (unpaired) electrons. The molecule has 0 saturated carbocycles. The predicted molar refractivity (Wildman–Crippen MR) is 130 cm³/mol. The van der Waals surface area contributed by atoms with Gasteiger partial charge in [-0.3, -0.25) is 0 Å². The first-order valence-electron chi connectivity index (χ1n) is 9.82. The van der Waals surface area contributed by atoms with Gasteiger partial charge in [0.15, 0.2) is 25.0 Å². The molecule has 0 aliphatic heterocycles. The van der Waals surface area contributed by atoms with Crippen molar-refractivity contribution in [3.05, 3.63) is 0 Å². The van der Waals surface area contributed by atoms with Gasteiger partial charge in [0, 0.05) is 21.3 Å². The van der Waals surface area contributed by atoms with E-state index in [4.69, 9.17) is 34.2 Å². The molecule has 0 rings (SSSR count). The van der Waals surface area contributed by atoms with Crippen LogP contribution >= 0.6 is 0 Å². The van der Waals surface area contributed by atoms with Gasteiger partial charge >= 0.3 is 26.4 Å². The molecule has 29 heavy (non-hydrogen) atoms. The Morgan fingerprint density at radius 1 is 0.483 bits per heavy atom. The summed E-state index contributed by atoms with van der Waals surface area (Å²) in [4.78, 5) is 0. The zero-order valence-electron chi connectivity index (χ0n) is 21.0. The van der Waals surface area contributed by atoms with Crippen molar-refractivity contribution in [1.29, 1.82) is 0 Å². The fraction of sp³-hybridized carbons (Fsp3) is 1.00. The summed E-state index contributed by atoms with van der Waals surface area (Å²) in [5.41, 5.74) is 0. The van der Waals surface area contributed by atoms with E-state index in [0.717, 1.165) is 0 Å². The monoisotopic (exact) mass is 520 g/mol. The van der Waals surface area contributed by atoms with Gasteiger partial charge in [0.05, 0.1) is 0 Å². The maximum absolute atomic E-state index is 6.64. The summed E-state index contributed by atoms with van der Waals surface area (Å²) < 4.78 is 48.7. The van der Waals surface area contributed by atoms with Gasteiger partial charge in [-0.1, -0.05) is 0 Å². The van der Waals surface area contributed by atoms with Crippen molar-refractivity contribution in [1.82, 2.24) is 0 Å². The van der Waals surface area contributed by atoms with Gasteiger partial charge in [-0.15, -0.1) is 0 Å². The molecule has 0 aliphatic rings. The van der Waals surface area contributed by atoms with E-state index < -0.39 is 51.4 Å². The van der Waals surface area contributed by atoms with E-state index in [-0.39, 0.29) is 6.23 Å². The van der Waals surface area contributed by atoms with Gasteiger partial charge < -0.3 is 34.2 Å². The van der Waals surface area contributed by atoms with Gasteiger partial charge in [-0.25, -0.2) is 0 Å². The molecule has 0 unspecified atom stereocenters. The number of rotatable bonds is 14. The van der Waals surface area contributed by atoms with Crippen LogP contribution in [-0.4, -0.2) is 78.9 Å². The largest absolute Gasteiger partial charge is 0.669 e. The highest BCUT2D eigenvalue weighted by atomic mass is 28.5. The summed E-state index contributed by atoms with van der Waals surface area (Å²) in [5, 5.41) is 0. The van der Waals surface area contributed by atoms with Crippen molar-refractivity contribution in [3.63, 3.8) is 0 Å². The molecule has 0 aromatic carbocycles. The normalized spacial score (nSPS) is 15.1. The zero-order valence-corrected chi connectivity index (χ0v) is 27.0. The minimum Gasteiger partial charge on any atom is -0.416 e. The lowest BCUT2D eigenvalue weighted by atomic mass is 11.7.